The summed E-state index contributed by atoms with van der Waals surface area (Å²) in [5.41, 5.74) is 0. The Balaban J connectivity index is 2.53. The van der Waals surface area contributed by atoms with Crippen LogP contribution in [0.1, 0.15) is 12.8 Å². The van der Waals surface area contributed by atoms with E-state index < -0.39 is 10.0 Å². The van der Waals surface area contributed by atoms with Gasteiger partial charge in [0.05, 0.1) is 11.8 Å². The zero-order chi connectivity index (χ0) is 9.73. The Hall–Kier alpha value is -0.570. The van der Waals surface area contributed by atoms with E-state index in [1.807, 2.05) is 0 Å². The average Bonchev–Trinajstić information content (AvgIpc) is 2.16. The number of hydrogen-bond acceptors (Lipinski definition) is 3. The molecule has 0 saturated carbocycles. The van der Waals surface area contributed by atoms with Gasteiger partial charge in [-0.05, 0) is 25.9 Å². The van der Waals surface area contributed by atoms with Crippen LogP contribution in [0.5, 0.6) is 0 Å². The predicted octanol–water partition coefficient (Wildman–Crippen LogP) is -0.709. The molecule has 1 fully saturated rings. The summed E-state index contributed by atoms with van der Waals surface area (Å²) in [5, 5.41) is 2.83. The molecule has 0 radical (unpaired) electrons. The monoisotopic (exact) mass is 202 g/mol. The molecule has 0 aromatic heterocycles. The lowest BCUT2D eigenvalue weighted by Crippen LogP contribution is -2.41. The number of terminal acetylenes is 1. The molecule has 1 aliphatic heterocycles. The highest BCUT2D eigenvalue weighted by Crippen LogP contribution is 2.11. The normalized spacial score (nSPS) is 19.6. The third kappa shape index (κ3) is 2.99. The standard InChI is InChI=1S/C8H14N2O2S/c1-2-5-10-13(11,12)8-3-6-9-7-4-8/h1,8-10H,3-7H2. The Morgan fingerprint density at radius 3 is 2.62 bits per heavy atom. The number of sulfonamides is 1. The van der Waals surface area contributed by atoms with Crippen molar-refractivity contribution >= 4 is 10.0 Å². The Bertz CT molecular complexity index is 286. The van der Waals surface area contributed by atoms with Crippen molar-refractivity contribution in [3.05, 3.63) is 0 Å². The van der Waals surface area contributed by atoms with Crippen LogP contribution in [-0.4, -0.2) is 33.3 Å². The molecule has 0 bridgehead atoms. The molecule has 0 atom stereocenters. The van der Waals surface area contributed by atoms with Crippen molar-refractivity contribution in [2.45, 2.75) is 18.1 Å². The van der Waals surface area contributed by atoms with Crippen LogP contribution in [0.2, 0.25) is 0 Å². The van der Waals surface area contributed by atoms with E-state index in [0.29, 0.717) is 12.8 Å². The van der Waals surface area contributed by atoms with E-state index >= 15 is 0 Å². The van der Waals surface area contributed by atoms with E-state index in [4.69, 9.17) is 6.42 Å². The van der Waals surface area contributed by atoms with Crippen molar-refractivity contribution in [1.29, 1.82) is 0 Å². The van der Waals surface area contributed by atoms with Crippen molar-refractivity contribution < 1.29 is 8.42 Å². The summed E-state index contributed by atoms with van der Waals surface area (Å²) in [5.74, 6) is 2.26. The first-order valence-corrected chi connectivity index (χ1v) is 5.84. The van der Waals surface area contributed by atoms with E-state index in [1.165, 1.54) is 0 Å². The van der Waals surface area contributed by atoms with Gasteiger partial charge < -0.3 is 5.32 Å². The summed E-state index contributed by atoms with van der Waals surface area (Å²) in [6.45, 7) is 1.62. The fourth-order valence-corrected chi connectivity index (χ4v) is 2.74. The fourth-order valence-electron chi connectivity index (χ4n) is 1.37. The number of rotatable bonds is 3. The van der Waals surface area contributed by atoms with Crippen molar-refractivity contribution in [1.82, 2.24) is 10.0 Å². The van der Waals surface area contributed by atoms with Gasteiger partial charge in [0, 0.05) is 0 Å². The van der Waals surface area contributed by atoms with Gasteiger partial charge in [-0.1, -0.05) is 5.92 Å². The molecule has 4 nitrogen and oxygen atoms in total. The largest absolute Gasteiger partial charge is 0.317 e. The van der Waals surface area contributed by atoms with Crippen molar-refractivity contribution in [2.24, 2.45) is 0 Å². The van der Waals surface area contributed by atoms with Gasteiger partial charge in [0.15, 0.2) is 0 Å². The summed E-state index contributed by atoms with van der Waals surface area (Å²) in [6, 6.07) is 0. The molecular formula is C8H14N2O2S. The molecule has 1 heterocycles. The van der Waals surface area contributed by atoms with Crippen LogP contribution >= 0.6 is 0 Å². The minimum Gasteiger partial charge on any atom is -0.317 e. The molecule has 0 spiro atoms. The lowest BCUT2D eigenvalue weighted by molar-refractivity contribution is 0.491. The summed E-state index contributed by atoms with van der Waals surface area (Å²) in [7, 11) is -3.18. The highest BCUT2D eigenvalue weighted by Gasteiger charge is 2.25. The second-order valence-electron chi connectivity index (χ2n) is 3.02. The molecule has 0 aromatic rings. The summed E-state index contributed by atoms with van der Waals surface area (Å²) in [6.07, 6.45) is 6.31. The van der Waals surface area contributed by atoms with Gasteiger partial charge in [-0.2, -0.15) is 0 Å². The van der Waals surface area contributed by atoms with Gasteiger partial charge in [0.25, 0.3) is 0 Å². The Kier molecular flexibility index (Phi) is 3.72. The lowest BCUT2D eigenvalue weighted by Gasteiger charge is -2.22. The molecular weight excluding hydrogens is 188 g/mol. The molecule has 0 unspecified atom stereocenters. The lowest BCUT2D eigenvalue weighted by atomic mass is 10.2. The second-order valence-corrected chi connectivity index (χ2v) is 5.06. The fraction of sp³-hybridized carbons (Fsp3) is 0.750. The Morgan fingerprint density at radius 2 is 2.08 bits per heavy atom. The van der Waals surface area contributed by atoms with Crippen LogP contribution in [-0.2, 0) is 10.0 Å². The van der Waals surface area contributed by atoms with Crippen LogP contribution in [0, 0.1) is 12.3 Å². The van der Waals surface area contributed by atoms with Gasteiger partial charge in [-0.3, -0.25) is 0 Å². The van der Waals surface area contributed by atoms with Crippen molar-refractivity contribution in [2.75, 3.05) is 19.6 Å². The van der Waals surface area contributed by atoms with E-state index in [0.717, 1.165) is 13.1 Å². The highest BCUT2D eigenvalue weighted by molar-refractivity contribution is 7.90. The molecule has 1 aliphatic rings. The smallest absolute Gasteiger partial charge is 0.215 e. The topological polar surface area (TPSA) is 58.2 Å². The number of hydrogen-bond donors (Lipinski definition) is 2. The quantitative estimate of drug-likeness (QED) is 0.594. The maximum Gasteiger partial charge on any atom is 0.215 e. The van der Waals surface area contributed by atoms with E-state index in [-0.39, 0.29) is 11.8 Å². The minimum absolute atomic E-state index is 0.0895. The SMILES string of the molecule is C#CCNS(=O)(=O)C1CCNCC1. The van der Waals surface area contributed by atoms with E-state index in [2.05, 4.69) is 16.0 Å². The molecule has 74 valence electrons. The third-order valence-corrected chi connectivity index (χ3v) is 4.00. The number of nitrogens with one attached hydrogen (secondary N) is 2. The Morgan fingerprint density at radius 1 is 1.46 bits per heavy atom. The summed E-state index contributed by atoms with van der Waals surface area (Å²) in [4.78, 5) is 0. The molecule has 0 aliphatic carbocycles. The maximum absolute atomic E-state index is 11.5. The molecule has 13 heavy (non-hydrogen) atoms. The van der Waals surface area contributed by atoms with Gasteiger partial charge in [-0.25, -0.2) is 13.1 Å². The first-order valence-electron chi connectivity index (χ1n) is 4.29. The Labute approximate surface area is 79.1 Å². The van der Waals surface area contributed by atoms with Crippen molar-refractivity contribution in [3.63, 3.8) is 0 Å². The molecule has 1 saturated heterocycles. The van der Waals surface area contributed by atoms with Gasteiger partial charge in [0.1, 0.15) is 0 Å². The van der Waals surface area contributed by atoms with Crippen LogP contribution < -0.4 is 10.0 Å². The van der Waals surface area contributed by atoms with Crippen molar-refractivity contribution in [3.8, 4) is 12.3 Å². The molecule has 0 amide bonds. The van der Waals surface area contributed by atoms with Crippen LogP contribution in [0.25, 0.3) is 0 Å². The third-order valence-electron chi connectivity index (χ3n) is 2.10. The molecule has 0 aromatic carbocycles. The molecule has 5 heteroatoms. The summed E-state index contributed by atoms with van der Waals surface area (Å²) < 4.78 is 25.4. The predicted molar refractivity (Wildman–Crippen MR) is 51.6 cm³/mol. The van der Waals surface area contributed by atoms with Gasteiger partial charge in [0.2, 0.25) is 10.0 Å². The van der Waals surface area contributed by atoms with Gasteiger partial charge >= 0.3 is 0 Å². The van der Waals surface area contributed by atoms with Gasteiger partial charge in [-0.15, -0.1) is 6.42 Å². The maximum atomic E-state index is 11.5. The van der Waals surface area contributed by atoms with Crippen LogP contribution in [0.15, 0.2) is 0 Å². The zero-order valence-corrected chi connectivity index (χ0v) is 8.23. The van der Waals surface area contributed by atoms with E-state index in [9.17, 15) is 8.42 Å². The highest BCUT2D eigenvalue weighted by atomic mass is 32.2. The first kappa shape index (κ1) is 10.5. The second kappa shape index (κ2) is 4.61. The molecule has 1 rings (SSSR count). The average molecular weight is 202 g/mol. The summed E-state index contributed by atoms with van der Waals surface area (Å²) >= 11 is 0. The molecule has 2 N–H and O–H groups in total. The zero-order valence-electron chi connectivity index (χ0n) is 7.41. The van der Waals surface area contributed by atoms with E-state index in [1.54, 1.807) is 0 Å². The minimum atomic E-state index is -3.18. The van der Waals surface area contributed by atoms with Crippen LogP contribution in [0.3, 0.4) is 0 Å². The first-order chi connectivity index (χ1) is 6.17. The van der Waals surface area contributed by atoms with Crippen LogP contribution in [0.4, 0.5) is 0 Å². The number of piperidine rings is 1.